The summed E-state index contributed by atoms with van der Waals surface area (Å²) in [6.07, 6.45) is 0. The van der Waals surface area contributed by atoms with E-state index in [4.69, 9.17) is 9.47 Å². The molecular formula is C14H19BrO2. The SMILES string of the molecule is COc1ccc(C2(Br)COC2)cc1C(C)(C)C. The third kappa shape index (κ3) is 2.36. The van der Waals surface area contributed by atoms with Crippen molar-refractivity contribution >= 4 is 15.9 Å². The van der Waals surface area contributed by atoms with Gasteiger partial charge in [-0.3, -0.25) is 0 Å². The van der Waals surface area contributed by atoms with Crippen LogP contribution in [0.5, 0.6) is 5.75 Å². The summed E-state index contributed by atoms with van der Waals surface area (Å²) in [5.41, 5.74) is 2.59. The van der Waals surface area contributed by atoms with Crippen LogP contribution in [0.1, 0.15) is 31.9 Å². The lowest BCUT2D eigenvalue weighted by Gasteiger charge is -2.37. The Morgan fingerprint density at radius 3 is 2.35 bits per heavy atom. The van der Waals surface area contributed by atoms with Gasteiger partial charge in [0.05, 0.1) is 24.6 Å². The van der Waals surface area contributed by atoms with Crippen molar-refractivity contribution in [2.75, 3.05) is 20.3 Å². The average Bonchev–Trinajstić information content (AvgIpc) is 2.24. The molecule has 0 bridgehead atoms. The molecule has 0 aromatic heterocycles. The van der Waals surface area contributed by atoms with Crippen LogP contribution in [-0.4, -0.2) is 20.3 Å². The van der Waals surface area contributed by atoms with E-state index in [1.54, 1.807) is 7.11 Å². The molecule has 1 heterocycles. The molecule has 94 valence electrons. The zero-order valence-corrected chi connectivity index (χ0v) is 12.4. The lowest BCUT2D eigenvalue weighted by molar-refractivity contribution is -0.00705. The molecule has 0 spiro atoms. The number of hydrogen-bond donors (Lipinski definition) is 0. The molecule has 1 aliphatic heterocycles. The summed E-state index contributed by atoms with van der Waals surface area (Å²) in [5.74, 6) is 0.956. The molecule has 1 aliphatic rings. The van der Waals surface area contributed by atoms with Gasteiger partial charge in [0, 0.05) is 0 Å². The Bertz CT molecular complexity index is 417. The van der Waals surface area contributed by atoms with E-state index < -0.39 is 0 Å². The van der Waals surface area contributed by atoms with E-state index >= 15 is 0 Å². The molecule has 0 atom stereocenters. The van der Waals surface area contributed by atoms with Gasteiger partial charge >= 0.3 is 0 Å². The van der Waals surface area contributed by atoms with Crippen molar-refractivity contribution in [2.24, 2.45) is 0 Å². The van der Waals surface area contributed by atoms with Crippen LogP contribution in [0.3, 0.4) is 0 Å². The van der Waals surface area contributed by atoms with Gasteiger partial charge in [-0.05, 0) is 28.7 Å². The Hall–Kier alpha value is -0.540. The summed E-state index contributed by atoms with van der Waals surface area (Å²) in [4.78, 5) is 0. The summed E-state index contributed by atoms with van der Waals surface area (Å²) >= 11 is 3.76. The van der Waals surface area contributed by atoms with E-state index in [1.807, 2.05) is 0 Å². The first-order valence-electron chi connectivity index (χ1n) is 5.82. The second-order valence-corrected chi connectivity index (χ2v) is 7.14. The second kappa shape index (κ2) is 4.29. The number of ether oxygens (including phenoxy) is 2. The Labute approximate surface area is 111 Å². The van der Waals surface area contributed by atoms with Crippen molar-refractivity contribution in [3.63, 3.8) is 0 Å². The van der Waals surface area contributed by atoms with Gasteiger partial charge in [-0.15, -0.1) is 0 Å². The van der Waals surface area contributed by atoms with Crippen LogP contribution in [0.4, 0.5) is 0 Å². The molecule has 0 N–H and O–H groups in total. The number of methoxy groups -OCH3 is 1. The Balaban J connectivity index is 2.45. The molecule has 1 saturated heterocycles. The maximum Gasteiger partial charge on any atom is 0.122 e. The van der Waals surface area contributed by atoms with Crippen LogP contribution in [0.2, 0.25) is 0 Å². The third-order valence-corrected chi connectivity index (χ3v) is 4.10. The molecule has 1 fully saturated rings. The molecule has 1 aromatic rings. The van der Waals surface area contributed by atoms with Crippen molar-refractivity contribution in [1.82, 2.24) is 0 Å². The molecule has 0 unspecified atom stereocenters. The maximum absolute atomic E-state index is 5.44. The van der Waals surface area contributed by atoms with E-state index in [0.717, 1.165) is 19.0 Å². The summed E-state index contributed by atoms with van der Waals surface area (Å²) in [6, 6.07) is 6.40. The number of hydrogen-bond acceptors (Lipinski definition) is 2. The summed E-state index contributed by atoms with van der Waals surface area (Å²) in [6.45, 7) is 8.08. The molecule has 1 aromatic carbocycles. The number of halogens is 1. The molecule has 0 aliphatic carbocycles. The topological polar surface area (TPSA) is 18.5 Å². The highest BCUT2D eigenvalue weighted by Crippen LogP contribution is 2.42. The highest BCUT2D eigenvalue weighted by atomic mass is 79.9. The Kier molecular flexibility index (Phi) is 3.25. The monoisotopic (exact) mass is 298 g/mol. The lowest BCUT2D eigenvalue weighted by atomic mass is 9.83. The van der Waals surface area contributed by atoms with Crippen LogP contribution >= 0.6 is 15.9 Å². The fourth-order valence-corrected chi connectivity index (χ4v) is 2.59. The summed E-state index contributed by atoms with van der Waals surface area (Å²) < 4.78 is 10.7. The quantitative estimate of drug-likeness (QED) is 0.777. The van der Waals surface area contributed by atoms with Crippen LogP contribution in [-0.2, 0) is 14.5 Å². The van der Waals surface area contributed by atoms with E-state index in [-0.39, 0.29) is 9.74 Å². The van der Waals surface area contributed by atoms with E-state index in [0.29, 0.717) is 0 Å². The number of benzene rings is 1. The van der Waals surface area contributed by atoms with Crippen LogP contribution in [0.15, 0.2) is 18.2 Å². The first kappa shape index (κ1) is 12.9. The van der Waals surface area contributed by atoms with Gasteiger partial charge in [0.2, 0.25) is 0 Å². The molecule has 0 saturated carbocycles. The van der Waals surface area contributed by atoms with Crippen LogP contribution in [0, 0.1) is 0 Å². The first-order chi connectivity index (χ1) is 7.87. The molecule has 2 rings (SSSR count). The molecule has 0 amide bonds. The summed E-state index contributed by atoms with van der Waals surface area (Å²) in [5, 5.41) is 0. The van der Waals surface area contributed by atoms with Gasteiger partial charge in [0.25, 0.3) is 0 Å². The zero-order chi connectivity index (χ0) is 12.7. The normalized spacial score (nSPS) is 18.6. The second-order valence-electron chi connectivity index (χ2n) is 5.62. The standard InChI is InChI=1S/C14H19BrO2/c1-13(2,3)11-7-10(5-6-12(11)16-4)14(15)8-17-9-14/h5-7H,8-9H2,1-4H3. The van der Waals surface area contributed by atoms with Gasteiger partial charge in [-0.1, -0.05) is 42.8 Å². The van der Waals surface area contributed by atoms with Crippen LogP contribution in [0.25, 0.3) is 0 Å². The number of rotatable bonds is 2. The Morgan fingerprint density at radius 2 is 1.94 bits per heavy atom. The van der Waals surface area contributed by atoms with E-state index in [9.17, 15) is 0 Å². The van der Waals surface area contributed by atoms with Crippen molar-refractivity contribution in [3.8, 4) is 5.75 Å². The minimum Gasteiger partial charge on any atom is -0.496 e. The van der Waals surface area contributed by atoms with Crippen LogP contribution < -0.4 is 4.74 Å². The minimum atomic E-state index is -0.000723. The molecule has 0 radical (unpaired) electrons. The van der Waals surface area contributed by atoms with Gasteiger partial charge in [0.15, 0.2) is 0 Å². The highest BCUT2D eigenvalue weighted by Gasteiger charge is 2.38. The highest BCUT2D eigenvalue weighted by molar-refractivity contribution is 9.09. The molecule has 2 nitrogen and oxygen atoms in total. The van der Waals surface area contributed by atoms with E-state index in [1.165, 1.54) is 11.1 Å². The predicted molar refractivity (Wildman–Crippen MR) is 73.1 cm³/mol. The maximum atomic E-state index is 5.44. The van der Waals surface area contributed by atoms with Crippen molar-refractivity contribution in [1.29, 1.82) is 0 Å². The predicted octanol–water partition coefficient (Wildman–Crippen LogP) is 3.61. The van der Waals surface area contributed by atoms with Crippen molar-refractivity contribution in [2.45, 2.75) is 30.5 Å². The minimum absolute atomic E-state index is 0.000723. The van der Waals surface area contributed by atoms with Gasteiger partial charge in [0.1, 0.15) is 5.75 Å². The van der Waals surface area contributed by atoms with Gasteiger partial charge in [-0.25, -0.2) is 0 Å². The lowest BCUT2D eigenvalue weighted by Crippen LogP contribution is -2.41. The molecular weight excluding hydrogens is 280 g/mol. The molecule has 17 heavy (non-hydrogen) atoms. The van der Waals surface area contributed by atoms with E-state index in [2.05, 4.69) is 54.9 Å². The smallest absolute Gasteiger partial charge is 0.122 e. The van der Waals surface area contributed by atoms with Crippen molar-refractivity contribution < 1.29 is 9.47 Å². The zero-order valence-electron chi connectivity index (χ0n) is 10.8. The fraction of sp³-hybridized carbons (Fsp3) is 0.571. The first-order valence-corrected chi connectivity index (χ1v) is 6.62. The Morgan fingerprint density at radius 1 is 1.29 bits per heavy atom. The van der Waals surface area contributed by atoms with Crippen molar-refractivity contribution in [3.05, 3.63) is 29.3 Å². The molecule has 3 heteroatoms. The van der Waals surface area contributed by atoms with Gasteiger partial charge < -0.3 is 9.47 Å². The average molecular weight is 299 g/mol. The summed E-state index contributed by atoms with van der Waals surface area (Å²) in [7, 11) is 1.72. The third-order valence-electron chi connectivity index (χ3n) is 3.19. The largest absolute Gasteiger partial charge is 0.496 e. The number of alkyl halides is 1. The van der Waals surface area contributed by atoms with Gasteiger partial charge in [-0.2, -0.15) is 0 Å². The fourth-order valence-electron chi connectivity index (χ4n) is 2.02.